The molecule has 7 nitrogen and oxygen atoms in total. The van der Waals surface area contributed by atoms with E-state index in [4.69, 9.17) is 33.1 Å². The van der Waals surface area contributed by atoms with Crippen LogP contribution in [0.3, 0.4) is 0 Å². The number of benzene rings is 1. The van der Waals surface area contributed by atoms with Gasteiger partial charge in [0, 0.05) is 0 Å². The number of methoxy groups -OCH3 is 1. The maximum absolute atomic E-state index is 12.1. The predicted molar refractivity (Wildman–Crippen MR) is 83.1 cm³/mol. The summed E-state index contributed by atoms with van der Waals surface area (Å²) in [5, 5.41) is 7.87. The Kier molecular flexibility index (Phi) is 4.66. The SMILES string of the molecule is COc1ccc(S(N)(=O)=O)cc1NC(=O)c1cc(Cl)c(Cl)[nH]1. The molecule has 118 valence electrons. The first-order chi connectivity index (χ1) is 10.2. The van der Waals surface area contributed by atoms with E-state index < -0.39 is 15.9 Å². The van der Waals surface area contributed by atoms with Crippen molar-refractivity contribution in [2.45, 2.75) is 4.90 Å². The van der Waals surface area contributed by atoms with Crippen molar-refractivity contribution in [1.82, 2.24) is 4.98 Å². The van der Waals surface area contributed by atoms with Crippen LogP contribution in [-0.4, -0.2) is 26.4 Å². The highest BCUT2D eigenvalue weighted by atomic mass is 35.5. The van der Waals surface area contributed by atoms with Gasteiger partial charge in [0.25, 0.3) is 5.91 Å². The number of rotatable bonds is 4. The molecule has 1 heterocycles. The second-order valence-electron chi connectivity index (χ2n) is 4.21. The first kappa shape index (κ1) is 16.6. The zero-order valence-electron chi connectivity index (χ0n) is 11.2. The molecule has 2 rings (SSSR count). The Labute approximate surface area is 136 Å². The van der Waals surface area contributed by atoms with E-state index in [0.717, 1.165) is 0 Å². The van der Waals surface area contributed by atoms with E-state index in [2.05, 4.69) is 10.3 Å². The average molecular weight is 364 g/mol. The standard InChI is InChI=1S/C12H11Cl2N3O4S/c1-21-10-3-2-6(22(15,19)20)4-8(10)17-12(18)9-5-7(13)11(14)16-9/h2-5,16H,1H3,(H,17,18)(H2,15,19,20). The molecule has 0 aliphatic rings. The Balaban J connectivity index is 2.37. The molecule has 0 unspecified atom stereocenters. The molecule has 1 aromatic heterocycles. The lowest BCUT2D eigenvalue weighted by Gasteiger charge is -2.11. The van der Waals surface area contributed by atoms with Gasteiger partial charge in [-0.1, -0.05) is 23.2 Å². The fraction of sp³-hybridized carbons (Fsp3) is 0.0833. The molecule has 1 aromatic carbocycles. The number of hydrogen-bond donors (Lipinski definition) is 3. The number of amides is 1. The minimum Gasteiger partial charge on any atom is -0.495 e. The van der Waals surface area contributed by atoms with E-state index in [1.54, 1.807) is 0 Å². The zero-order valence-corrected chi connectivity index (χ0v) is 13.5. The van der Waals surface area contributed by atoms with Gasteiger partial charge in [0.05, 0.1) is 22.7 Å². The quantitative estimate of drug-likeness (QED) is 0.772. The first-order valence-corrected chi connectivity index (χ1v) is 8.09. The topological polar surface area (TPSA) is 114 Å². The van der Waals surface area contributed by atoms with Crippen LogP contribution in [0, 0.1) is 0 Å². The molecule has 0 atom stereocenters. The first-order valence-electron chi connectivity index (χ1n) is 5.78. The van der Waals surface area contributed by atoms with Crippen LogP contribution < -0.4 is 15.2 Å². The van der Waals surface area contributed by atoms with E-state index in [9.17, 15) is 13.2 Å². The number of H-pyrrole nitrogens is 1. The Morgan fingerprint density at radius 2 is 2.00 bits per heavy atom. The maximum atomic E-state index is 12.1. The van der Waals surface area contributed by atoms with Crippen LogP contribution in [0.1, 0.15) is 10.5 Å². The largest absolute Gasteiger partial charge is 0.495 e. The van der Waals surface area contributed by atoms with Crippen LogP contribution in [0.5, 0.6) is 5.75 Å². The van der Waals surface area contributed by atoms with Crippen molar-refractivity contribution in [2.75, 3.05) is 12.4 Å². The van der Waals surface area contributed by atoms with Crippen LogP contribution in [-0.2, 0) is 10.0 Å². The molecule has 0 aliphatic carbocycles. The third-order valence-corrected chi connectivity index (χ3v) is 4.32. The number of aromatic amines is 1. The number of carbonyl (C=O) groups is 1. The highest BCUT2D eigenvalue weighted by molar-refractivity contribution is 7.89. The molecule has 0 radical (unpaired) electrons. The summed E-state index contributed by atoms with van der Waals surface area (Å²) >= 11 is 11.5. The Hall–Kier alpha value is -1.74. The summed E-state index contributed by atoms with van der Waals surface area (Å²) in [6, 6.07) is 5.18. The molecular weight excluding hydrogens is 353 g/mol. The zero-order chi connectivity index (χ0) is 16.5. The van der Waals surface area contributed by atoms with Crippen molar-refractivity contribution >= 4 is 44.8 Å². The molecule has 0 bridgehead atoms. The van der Waals surface area contributed by atoms with Crippen molar-refractivity contribution in [2.24, 2.45) is 5.14 Å². The third-order valence-electron chi connectivity index (χ3n) is 2.72. The highest BCUT2D eigenvalue weighted by Crippen LogP contribution is 2.28. The van der Waals surface area contributed by atoms with Gasteiger partial charge in [-0.25, -0.2) is 13.6 Å². The normalized spacial score (nSPS) is 11.3. The molecule has 1 amide bonds. The number of primary sulfonamides is 1. The minimum atomic E-state index is -3.91. The van der Waals surface area contributed by atoms with Crippen LogP contribution in [0.4, 0.5) is 5.69 Å². The van der Waals surface area contributed by atoms with E-state index in [1.807, 2.05) is 0 Å². The van der Waals surface area contributed by atoms with Crippen molar-refractivity contribution in [3.63, 3.8) is 0 Å². The summed E-state index contributed by atoms with van der Waals surface area (Å²) in [6.07, 6.45) is 0. The van der Waals surface area contributed by atoms with Gasteiger partial charge in [0.2, 0.25) is 10.0 Å². The molecular formula is C12H11Cl2N3O4S. The lowest BCUT2D eigenvalue weighted by atomic mass is 10.2. The van der Waals surface area contributed by atoms with Gasteiger partial charge in [-0.05, 0) is 24.3 Å². The Bertz CT molecular complexity index is 813. The molecule has 4 N–H and O–H groups in total. The summed E-state index contributed by atoms with van der Waals surface area (Å²) < 4.78 is 27.8. The van der Waals surface area contributed by atoms with E-state index >= 15 is 0 Å². The fourth-order valence-corrected chi connectivity index (χ4v) is 2.53. The number of hydrogen-bond acceptors (Lipinski definition) is 4. The number of carbonyl (C=O) groups excluding carboxylic acids is 1. The van der Waals surface area contributed by atoms with Crippen LogP contribution in [0.15, 0.2) is 29.2 Å². The molecule has 0 saturated heterocycles. The molecule has 0 aliphatic heterocycles. The number of ether oxygens (including phenoxy) is 1. The van der Waals surface area contributed by atoms with E-state index in [0.29, 0.717) is 0 Å². The fourth-order valence-electron chi connectivity index (χ4n) is 1.68. The van der Waals surface area contributed by atoms with Crippen molar-refractivity contribution < 1.29 is 17.9 Å². The van der Waals surface area contributed by atoms with Gasteiger partial charge in [-0.3, -0.25) is 4.79 Å². The smallest absolute Gasteiger partial charge is 0.272 e. The summed E-state index contributed by atoms with van der Waals surface area (Å²) in [5.74, 6) is -0.303. The monoisotopic (exact) mass is 363 g/mol. The van der Waals surface area contributed by atoms with Crippen LogP contribution in [0.25, 0.3) is 0 Å². The molecule has 22 heavy (non-hydrogen) atoms. The lowest BCUT2D eigenvalue weighted by molar-refractivity contribution is 0.102. The van der Waals surface area contributed by atoms with Crippen molar-refractivity contribution in [3.05, 3.63) is 40.1 Å². The third kappa shape index (κ3) is 3.53. The number of nitrogens with one attached hydrogen (secondary N) is 2. The van der Waals surface area contributed by atoms with Gasteiger partial charge < -0.3 is 15.0 Å². The van der Waals surface area contributed by atoms with E-state index in [1.165, 1.54) is 31.4 Å². The van der Waals surface area contributed by atoms with Gasteiger partial charge in [0.15, 0.2) is 0 Å². The highest BCUT2D eigenvalue weighted by Gasteiger charge is 2.16. The Morgan fingerprint density at radius 1 is 1.32 bits per heavy atom. The summed E-state index contributed by atoms with van der Waals surface area (Å²) in [7, 11) is -2.53. The number of anilines is 1. The summed E-state index contributed by atoms with van der Waals surface area (Å²) in [5.41, 5.74) is 0.249. The average Bonchev–Trinajstić information content (AvgIpc) is 2.78. The van der Waals surface area contributed by atoms with E-state index in [-0.39, 0.29) is 32.2 Å². The number of sulfonamides is 1. The molecule has 0 spiro atoms. The number of nitrogens with two attached hydrogens (primary N) is 1. The van der Waals surface area contributed by atoms with Crippen molar-refractivity contribution in [1.29, 1.82) is 0 Å². The molecule has 0 fully saturated rings. The Morgan fingerprint density at radius 3 is 2.50 bits per heavy atom. The lowest BCUT2D eigenvalue weighted by Crippen LogP contribution is -2.15. The molecule has 2 aromatic rings. The van der Waals surface area contributed by atoms with Gasteiger partial charge in [-0.2, -0.15) is 0 Å². The number of aromatic nitrogens is 1. The summed E-state index contributed by atoms with van der Waals surface area (Å²) in [4.78, 5) is 14.5. The molecule has 10 heteroatoms. The van der Waals surface area contributed by atoms with Gasteiger partial charge in [-0.15, -0.1) is 0 Å². The van der Waals surface area contributed by atoms with Gasteiger partial charge in [0.1, 0.15) is 16.6 Å². The summed E-state index contributed by atoms with van der Waals surface area (Å²) in [6.45, 7) is 0. The van der Waals surface area contributed by atoms with Crippen LogP contribution >= 0.6 is 23.2 Å². The van der Waals surface area contributed by atoms with Crippen LogP contribution in [0.2, 0.25) is 10.2 Å². The van der Waals surface area contributed by atoms with Gasteiger partial charge >= 0.3 is 0 Å². The number of halogens is 2. The predicted octanol–water partition coefficient (Wildman–Crippen LogP) is 2.23. The molecule has 0 saturated carbocycles. The van der Waals surface area contributed by atoms with Crippen molar-refractivity contribution in [3.8, 4) is 5.75 Å². The maximum Gasteiger partial charge on any atom is 0.272 e. The minimum absolute atomic E-state index is 0.109. The second kappa shape index (κ2) is 6.17. The second-order valence-corrected chi connectivity index (χ2v) is 6.55.